The summed E-state index contributed by atoms with van der Waals surface area (Å²) in [6.07, 6.45) is 2.90. The fraction of sp³-hybridized carbons (Fsp3) is 1.00. The molecule has 0 aliphatic heterocycles. The minimum atomic E-state index is -0.873. The van der Waals surface area contributed by atoms with Gasteiger partial charge in [0.2, 0.25) is 0 Å². The summed E-state index contributed by atoms with van der Waals surface area (Å²) in [5.74, 6) is 1.24. The first-order valence-electron chi connectivity index (χ1n) is 5.48. The van der Waals surface area contributed by atoms with E-state index in [1.165, 1.54) is 0 Å². The number of alkyl halides is 1. The van der Waals surface area contributed by atoms with Crippen LogP contribution in [0.2, 0.25) is 0 Å². The Bertz CT molecular complexity index is 170. The summed E-state index contributed by atoms with van der Waals surface area (Å²) in [7, 11) is 0. The SMILES string of the molecule is CC(C)CC1(CC(C)C)CC1(C)F. The van der Waals surface area contributed by atoms with Crippen molar-refractivity contribution in [1.82, 2.24) is 0 Å². The third-order valence-corrected chi connectivity index (χ3v) is 3.25. The molecule has 1 unspecified atom stereocenters. The highest BCUT2D eigenvalue weighted by Gasteiger charge is 2.64. The highest BCUT2D eigenvalue weighted by atomic mass is 19.1. The minimum absolute atomic E-state index is 0.0231. The summed E-state index contributed by atoms with van der Waals surface area (Å²) in [5.41, 5.74) is -0.850. The third kappa shape index (κ3) is 2.24. The maximum atomic E-state index is 13.8. The van der Waals surface area contributed by atoms with Gasteiger partial charge in [0.05, 0.1) is 0 Å². The first kappa shape index (κ1) is 11.0. The van der Waals surface area contributed by atoms with E-state index in [2.05, 4.69) is 27.7 Å². The van der Waals surface area contributed by atoms with Gasteiger partial charge in [0.25, 0.3) is 0 Å². The van der Waals surface area contributed by atoms with Crippen LogP contribution in [0, 0.1) is 17.3 Å². The van der Waals surface area contributed by atoms with E-state index < -0.39 is 5.67 Å². The van der Waals surface area contributed by atoms with Gasteiger partial charge in [0.1, 0.15) is 5.67 Å². The van der Waals surface area contributed by atoms with Crippen LogP contribution in [0.3, 0.4) is 0 Å². The molecule has 13 heavy (non-hydrogen) atoms. The fourth-order valence-corrected chi connectivity index (χ4v) is 2.81. The molecule has 1 rings (SSSR count). The van der Waals surface area contributed by atoms with Crippen molar-refractivity contribution in [1.29, 1.82) is 0 Å². The monoisotopic (exact) mass is 186 g/mol. The molecule has 0 aromatic carbocycles. The summed E-state index contributed by atoms with van der Waals surface area (Å²) in [5, 5.41) is 0. The molecule has 1 aliphatic rings. The molecule has 0 amide bonds. The predicted molar refractivity (Wildman–Crippen MR) is 55.5 cm³/mol. The van der Waals surface area contributed by atoms with Crippen LogP contribution >= 0.6 is 0 Å². The zero-order valence-electron chi connectivity index (χ0n) is 9.65. The number of rotatable bonds is 4. The van der Waals surface area contributed by atoms with E-state index in [1.807, 2.05) is 0 Å². The van der Waals surface area contributed by atoms with Crippen molar-refractivity contribution in [3.8, 4) is 0 Å². The molecule has 1 fully saturated rings. The molecule has 78 valence electrons. The second-order valence-corrected chi connectivity index (χ2v) is 5.85. The standard InChI is InChI=1S/C12H23F/c1-9(2)6-12(7-10(3)4)8-11(12,5)13/h9-10H,6-8H2,1-5H3. The van der Waals surface area contributed by atoms with Gasteiger partial charge in [-0.3, -0.25) is 0 Å². The van der Waals surface area contributed by atoms with Crippen molar-refractivity contribution in [3.05, 3.63) is 0 Å². The van der Waals surface area contributed by atoms with Gasteiger partial charge in [0, 0.05) is 5.41 Å². The highest BCUT2D eigenvalue weighted by molar-refractivity contribution is 5.14. The van der Waals surface area contributed by atoms with E-state index in [0.717, 1.165) is 19.3 Å². The van der Waals surface area contributed by atoms with Crippen LogP contribution in [-0.2, 0) is 0 Å². The predicted octanol–water partition coefficient (Wildman–Crippen LogP) is 4.20. The van der Waals surface area contributed by atoms with Gasteiger partial charge >= 0.3 is 0 Å². The Morgan fingerprint density at radius 2 is 1.38 bits per heavy atom. The van der Waals surface area contributed by atoms with Gasteiger partial charge in [-0.2, -0.15) is 0 Å². The van der Waals surface area contributed by atoms with Crippen molar-refractivity contribution < 1.29 is 4.39 Å². The van der Waals surface area contributed by atoms with Gasteiger partial charge < -0.3 is 0 Å². The first-order chi connectivity index (χ1) is 5.79. The Morgan fingerprint density at radius 3 is 1.54 bits per heavy atom. The molecule has 1 saturated carbocycles. The van der Waals surface area contributed by atoms with Crippen molar-refractivity contribution in [2.45, 2.75) is 59.5 Å². The van der Waals surface area contributed by atoms with Gasteiger partial charge in [0.15, 0.2) is 0 Å². The third-order valence-electron chi connectivity index (χ3n) is 3.25. The maximum absolute atomic E-state index is 13.8. The Kier molecular flexibility index (Phi) is 2.75. The molecule has 0 saturated heterocycles. The van der Waals surface area contributed by atoms with Gasteiger partial charge in [-0.25, -0.2) is 4.39 Å². The maximum Gasteiger partial charge on any atom is 0.114 e. The van der Waals surface area contributed by atoms with Crippen molar-refractivity contribution >= 4 is 0 Å². The lowest BCUT2D eigenvalue weighted by atomic mass is 9.84. The highest BCUT2D eigenvalue weighted by Crippen LogP contribution is 2.65. The van der Waals surface area contributed by atoms with Crippen LogP contribution < -0.4 is 0 Å². The normalized spacial score (nSPS) is 31.4. The van der Waals surface area contributed by atoms with Crippen LogP contribution in [0.1, 0.15) is 53.9 Å². The molecule has 0 radical (unpaired) electrons. The number of halogens is 1. The molecule has 1 atom stereocenters. The van der Waals surface area contributed by atoms with Crippen LogP contribution in [0.15, 0.2) is 0 Å². The topological polar surface area (TPSA) is 0 Å². The quantitative estimate of drug-likeness (QED) is 0.617. The van der Waals surface area contributed by atoms with E-state index in [1.54, 1.807) is 6.92 Å². The smallest absolute Gasteiger partial charge is 0.114 e. The van der Waals surface area contributed by atoms with Crippen LogP contribution in [-0.4, -0.2) is 5.67 Å². The Balaban J connectivity index is 2.58. The Labute approximate surface area is 81.9 Å². The van der Waals surface area contributed by atoms with Gasteiger partial charge in [-0.15, -0.1) is 0 Å². The average molecular weight is 186 g/mol. The molecule has 0 N–H and O–H groups in total. The number of hydrogen-bond acceptors (Lipinski definition) is 0. The summed E-state index contributed by atoms with van der Waals surface area (Å²) < 4.78 is 13.8. The lowest BCUT2D eigenvalue weighted by Crippen LogP contribution is -2.17. The molecule has 0 aromatic heterocycles. The molecule has 0 heterocycles. The van der Waals surface area contributed by atoms with E-state index >= 15 is 0 Å². The van der Waals surface area contributed by atoms with Crippen LogP contribution in [0.4, 0.5) is 4.39 Å². The average Bonchev–Trinajstić information content (AvgIpc) is 2.27. The molecule has 0 spiro atoms. The summed E-state index contributed by atoms with van der Waals surface area (Å²) in [4.78, 5) is 0. The van der Waals surface area contributed by atoms with Gasteiger partial charge in [-0.05, 0) is 38.0 Å². The van der Waals surface area contributed by atoms with Crippen LogP contribution in [0.25, 0.3) is 0 Å². The zero-order valence-corrected chi connectivity index (χ0v) is 9.65. The van der Waals surface area contributed by atoms with E-state index in [0.29, 0.717) is 11.8 Å². The summed E-state index contributed by atoms with van der Waals surface area (Å²) in [6, 6.07) is 0. The fourth-order valence-electron chi connectivity index (χ4n) is 2.81. The molecular formula is C12H23F. The van der Waals surface area contributed by atoms with E-state index in [4.69, 9.17) is 0 Å². The molecule has 0 nitrogen and oxygen atoms in total. The van der Waals surface area contributed by atoms with Crippen LogP contribution in [0.5, 0.6) is 0 Å². The summed E-state index contributed by atoms with van der Waals surface area (Å²) in [6.45, 7) is 10.5. The lowest BCUT2D eigenvalue weighted by Gasteiger charge is -2.22. The molecular weight excluding hydrogens is 163 g/mol. The number of hydrogen-bond donors (Lipinski definition) is 0. The van der Waals surface area contributed by atoms with Crippen molar-refractivity contribution in [2.24, 2.45) is 17.3 Å². The summed E-state index contributed by atoms with van der Waals surface area (Å²) >= 11 is 0. The largest absolute Gasteiger partial charge is 0.244 e. The first-order valence-corrected chi connectivity index (χ1v) is 5.48. The Morgan fingerprint density at radius 1 is 1.08 bits per heavy atom. The lowest BCUT2D eigenvalue weighted by molar-refractivity contribution is 0.191. The molecule has 1 aliphatic carbocycles. The van der Waals surface area contributed by atoms with Crippen molar-refractivity contribution in [2.75, 3.05) is 0 Å². The van der Waals surface area contributed by atoms with E-state index in [9.17, 15) is 4.39 Å². The van der Waals surface area contributed by atoms with Crippen molar-refractivity contribution in [3.63, 3.8) is 0 Å². The minimum Gasteiger partial charge on any atom is -0.244 e. The molecule has 0 aromatic rings. The second-order valence-electron chi connectivity index (χ2n) is 5.85. The molecule has 0 bridgehead atoms. The Hall–Kier alpha value is -0.0700. The second kappa shape index (κ2) is 3.25. The van der Waals surface area contributed by atoms with E-state index in [-0.39, 0.29) is 5.41 Å². The zero-order chi connectivity index (χ0) is 10.3. The van der Waals surface area contributed by atoms with Gasteiger partial charge in [-0.1, -0.05) is 27.7 Å². The molecule has 1 heteroatoms.